The van der Waals surface area contributed by atoms with Crippen LogP contribution in [0, 0.1) is 4.84 Å². The highest BCUT2D eigenvalue weighted by molar-refractivity contribution is 7.71. The van der Waals surface area contributed by atoms with Gasteiger partial charge in [0.25, 0.3) is 10.7 Å². The zero-order valence-corrected chi connectivity index (χ0v) is 16.5. The molecular formula is C20H23N3O3S. The van der Waals surface area contributed by atoms with Gasteiger partial charge in [-0.3, -0.25) is 4.90 Å². The number of para-hydroxylation sites is 1. The Balaban J connectivity index is 1.70. The molecule has 0 radical (unpaired) electrons. The maximum absolute atomic E-state index is 5.68. The van der Waals surface area contributed by atoms with Crippen LogP contribution in [0.3, 0.4) is 0 Å². The maximum atomic E-state index is 5.68. The Hall–Kier alpha value is -2.64. The van der Waals surface area contributed by atoms with Crippen LogP contribution in [0.25, 0.3) is 11.5 Å². The van der Waals surface area contributed by atoms with Crippen molar-refractivity contribution in [1.82, 2.24) is 14.7 Å². The fourth-order valence-corrected chi connectivity index (χ4v) is 2.95. The molecule has 0 saturated carbocycles. The molecule has 0 unspecified atom stereocenters. The molecule has 3 rings (SSSR count). The third-order valence-electron chi connectivity index (χ3n) is 4.01. The van der Waals surface area contributed by atoms with Crippen molar-refractivity contribution >= 4 is 12.2 Å². The van der Waals surface area contributed by atoms with Gasteiger partial charge in [-0.25, -0.2) is 4.68 Å². The Labute approximate surface area is 163 Å². The van der Waals surface area contributed by atoms with E-state index in [9.17, 15) is 0 Å². The lowest BCUT2D eigenvalue weighted by Gasteiger charge is -2.16. The highest BCUT2D eigenvalue weighted by atomic mass is 32.1. The molecule has 0 amide bonds. The van der Waals surface area contributed by atoms with Crippen LogP contribution in [0.1, 0.15) is 12.5 Å². The lowest BCUT2D eigenvalue weighted by molar-refractivity contribution is 0.240. The molecule has 27 heavy (non-hydrogen) atoms. The van der Waals surface area contributed by atoms with Crippen LogP contribution in [0.4, 0.5) is 0 Å². The Kier molecular flexibility index (Phi) is 6.26. The second-order valence-corrected chi connectivity index (χ2v) is 6.45. The van der Waals surface area contributed by atoms with Crippen molar-refractivity contribution < 1.29 is 13.9 Å². The number of benzene rings is 2. The van der Waals surface area contributed by atoms with Crippen molar-refractivity contribution in [3.8, 4) is 23.0 Å². The summed E-state index contributed by atoms with van der Waals surface area (Å²) >= 11 is 5.33. The fourth-order valence-electron chi connectivity index (χ4n) is 2.77. The molecule has 0 atom stereocenters. The molecule has 0 fully saturated rings. The van der Waals surface area contributed by atoms with Crippen LogP contribution in [-0.2, 0) is 13.2 Å². The van der Waals surface area contributed by atoms with Gasteiger partial charge in [0.1, 0.15) is 11.5 Å². The molecule has 0 aliphatic carbocycles. The molecule has 0 N–H and O–H groups in total. The van der Waals surface area contributed by atoms with Gasteiger partial charge in [0.2, 0.25) is 0 Å². The zero-order valence-electron chi connectivity index (χ0n) is 15.7. The summed E-state index contributed by atoms with van der Waals surface area (Å²) in [6.07, 6.45) is 0. The van der Waals surface area contributed by atoms with E-state index in [-0.39, 0.29) is 0 Å². The van der Waals surface area contributed by atoms with E-state index in [0.29, 0.717) is 29.8 Å². The molecule has 142 valence electrons. The lowest BCUT2D eigenvalue weighted by atomic mass is 10.2. The average Bonchev–Trinajstić information content (AvgIpc) is 3.03. The largest absolute Gasteiger partial charge is 0.496 e. The Morgan fingerprint density at radius 1 is 1.15 bits per heavy atom. The highest BCUT2D eigenvalue weighted by Crippen LogP contribution is 2.28. The number of methoxy groups -OCH3 is 1. The van der Waals surface area contributed by atoms with Gasteiger partial charge in [0, 0.05) is 6.54 Å². The van der Waals surface area contributed by atoms with Crippen molar-refractivity contribution in [2.75, 3.05) is 20.8 Å². The van der Waals surface area contributed by atoms with Crippen LogP contribution in [0.2, 0.25) is 0 Å². The molecule has 0 aliphatic rings. The van der Waals surface area contributed by atoms with Crippen LogP contribution in [-0.4, -0.2) is 35.4 Å². The van der Waals surface area contributed by atoms with E-state index in [4.69, 9.17) is 26.1 Å². The van der Waals surface area contributed by atoms with E-state index in [2.05, 4.69) is 22.1 Å². The predicted octanol–water partition coefficient (Wildman–Crippen LogP) is 4.37. The fraction of sp³-hybridized carbons (Fsp3) is 0.300. The lowest BCUT2D eigenvalue weighted by Crippen LogP contribution is -2.22. The van der Waals surface area contributed by atoms with Crippen LogP contribution in [0.15, 0.2) is 52.9 Å². The SMILES string of the molecule is CCOc1ccc(CN(C)Cn2nc(-c3ccccc3OC)oc2=S)cc1. The summed E-state index contributed by atoms with van der Waals surface area (Å²) in [6.45, 7) is 3.91. The smallest absolute Gasteiger partial charge is 0.288 e. The first-order valence-electron chi connectivity index (χ1n) is 8.72. The van der Waals surface area contributed by atoms with Gasteiger partial charge < -0.3 is 13.9 Å². The number of aromatic nitrogens is 2. The summed E-state index contributed by atoms with van der Waals surface area (Å²) in [6, 6.07) is 15.7. The van der Waals surface area contributed by atoms with Crippen LogP contribution in [0.5, 0.6) is 11.5 Å². The molecule has 2 aromatic carbocycles. The quantitative estimate of drug-likeness (QED) is 0.537. The van der Waals surface area contributed by atoms with E-state index in [1.165, 1.54) is 5.56 Å². The maximum Gasteiger partial charge on any atom is 0.288 e. The van der Waals surface area contributed by atoms with Crippen molar-refractivity contribution in [3.05, 3.63) is 58.9 Å². The first-order valence-corrected chi connectivity index (χ1v) is 9.13. The number of nitrogens with zero attached hydrogens (tertiary/aromatic N) is 3. The number of hydrogen-bond donors (Lipinski definition) is 0. The first kappa shape index (κ1) is 19.1. The van der Waals surface area contributed by atoms with Crippen LogP contribution >= 0.6 is 12.2 Å². The minimum absolute atomic E-state index is 0.328. The number of hydrogen-bond acceptors (Lipinski definition) is 6. The standard InChI is InChI=1S/C20H23N3O3S/c1-4-25-16-11-9-15(10-12-16)13-22(2)14-23-20(27)26-19(21-23)17-7-5-6-8-18(17)24-3/h5-12H,4,13-14H2,1-3H3. The van der Waals surface area contributed by atoms with Gasteiger partial charge in [0.15, 0.2) is 0 Å². The van der Waals surface area contributed by atoms with E-state index < -0.39 is 0 Å². The van der Waals surface area contributed by atoms with Gasteiger partial charge in [-0.1, -0.05) is 24.3 Å². The summed E-state index contributed by atoms with van der Waals surface area (Å²) in [5.74, 6) is 2.03. The third-order valence-corrected chi connectivity index (χ3v) is 4.30. The molecule has 1 aromatic heterocycles. The topological polar surface area (TPSA) is 52.7 Å². The Morgan fingerprint density at radius 3 is 2.59 bits per heavy atom. The summed E-state index contributed by atoms with van der Waals surface area (Å²) in [5.41, 5.74) is 1.96. The third kappa shape index (κ3) is 4.75. The Morgan fingerprint density at radius 2 is 1.89 bits per heavy atom. The van der Waals surface area contributed by atoms with E-state index in [0.717, 1.165) is 17.9 Å². The monoisotopic (exact) mass is 385 g/mol. The molecule has 6 nitrogen and oxygen atoms in total. The summed E-state index contributed by atoms with van der Waals surface area (Å²) in [4.78, 5) is 2.44. The molecule has 7 heteroatoms. The second-order valence-electron chi connectivity index (χ2n) is 6.11. The second kappa shape index (κ2) is 8.83. The van der Waals surface area contributed by atoms with Gasteiger partial charge in [0.05, 0.1) is 25.9 Å². The molecule has 0 saturated heterocycles. The predicted molar refractivity (Wildman–Crippen MR) is 106 cm³/mol. The minimum atomic E-state index is 0.328. The molecule has 3 aromatic rings. The summed E-state index contributed by atoms with van der Waals surface area (Å²) < 4.78 is 18.2. The van der Waals surface area contributed by atoms with Crippen molar-refractivity contribution in [2.45, 2.75) is 20.1 Å². The molecule has 1 heterocycles. The molecule has 0 spiro atoms. The van der Waals surface area contributed by atoms with Gasteiger partial charge in [-0.15, -0.1) is 5.10 Å². The molecule has 0 aliphatic heterocycles. The van der Waals surface area contributed by atoms with Crippen molar-refractivity contribution in [2.24, 2.45) is 0 Å². The van der Waals surface area contributed by atoms with E-state index >= 15 is 0 Å². The van der Waals surface area contributed by atoms with Gasteiger partial charge in [-0.2, -0.15) is 0 Å². The highest BCUT2D eigenvalue weighted by Gasteiger charge is 2.14. The molecule has 0 bridgehead atoms. The first-order chi connectivity index (χ1) is 13.1. The van der Waals surface area contributed by atoms with Crippen molar-refractivity contribution in [3.63, 3.8) is 0 Å². The molecular weight excluding hydrogens is 362 g/mol. The van der Waals surface area contributed by atoms with E-state index in [1.54, 1.807) is 11.8 Å². The Bertz CT molecular complexity index is 934. The minimum Gasteiger partial charge on any atom is -0.496 e. The summed E-state index contributed by atoms with van der Waals surface area (Å²) in [5, 5.41) is 4.51. The number of rotatable bonds is 8. The van der Waals surface area contributed by atoms with Gasteiger partial charge >= 0.3 is 0 Å². The average molecular weight is 385 g/mol. The van der Waals surface area contributed by atoms with E-state index in [1.807, 2.05) is 50.4 Å². The normalized spacial score (nSPS) is 11.0. The van der Waals surface area contributed by atoms with Crippen LogP contribution < -0.4 is 9.47 Å². The number of ether oxygens (including phenoxy) is 2. The van der Waals surface area contributed by atoms with Gasteiger partial charge in [-0.05, 0) is 56.0 Å². The zero-order chi connectivity index (χ0) is 19.2. The summed E-state index contributed by atoms with van der Waals surface area (Å²) in [7, 11) is 3.63. The van der Waals surface area contributed by atoms with Crippen molar-refractivity contribution in [1.29, 1.82) is 0 Å².